The predicted molar refractivity (Wildman–Crippen MR) is 132 cm³/mol. The number of fused-ring (bicyclic) bond motifs is 2. The summed E-state index contributed by atoms with van der Waals surface area (Å²) in [6, 6.07) is 25.9. The summed E-state index contributed by atoms with van der Waals surface area (Å²) in [5.41, 5.74) is 7.32. The van der Waals surface area contributed by atoms with Crippen molar-refractivity contribution >= 4 is 45.8 Å². The average molecular weight is 454 g/mol. The number of halogens is 1. The van der Waals surface area contributed by atoms with Gasteiger partial charge in [-0.3, -0.25) is 0 Å². The van der Waals surface area contributed by atoms with Crippen molar-refractivity contribution < 1.29 is 0 Å². The molecule has 3 aromatic heterocycles. The monoisotopic (exact) mass is 453 g/mol. The molecule has 32 heavy (non-hydrogen) atoms. The third-order valence-electron chi connectivity index (χ3n) is 5.47. The second-order valence-electron chi connectivity index (χ2n) is 7.52. The summed E-state index contributed by atoms with van der Waals surface area (Å²) < 4.78 is 0.383. The number of para-hydroxylation sites is 2. The molecule has 6 rings (SSSR count). The van der Waals surface area contributed by atoms with Crippen LogP contribution in [0.25, 0.3) is 56.0 Å². The Morgan fingerprint density at radius 3 is 2.41 bits per heavy atom. The van der Waals surface area contributed by atoms with E-state index in [-0.39, 0.29) is 0 Å². The van der Waals surface area contributed by atoms with Crippen molar-refractivity contribution in [1.29, 1.82) is 0 Å². The van der Waals surface area contributed by atoms with E-state index in [2.05, 4.69) is 32.1 Å². The lowest BCUT2D eigenvalue weighted by Gasteiger charge is -2.07. The van der Waals surface area contributed by atoms with Crippen molar-refractivity contribution in [1.82, 2.24) is 24.9 Å². The number of H-pyrrole nitrogens is 3. The molecule has 3 heterocycles. The zero-order valence-corrected chi connectivity index (χ0v) is 18.3. The van der Waals surface area contributed by atoms with Crippen LogP contribution in [-0.4, -0.2) is 24.9 Å². The highest BCUT2D eigenvalue weighted by atomic mass is 35.5. The minimum absolute atomic E-state index is 0.383. The molecular weight excluding hydrogens is 438 g/mol. The molecule has 3 aromatic carbocycles. The highest BCUT2D eigenvalue weighted by molar-refractivity contribution is 7.71. The normalized spacial score (nSPS) is 11.4. The Morgan fingerprint density at radius 2 is 1.56 bits per heavy atom. The molecule has 0 aliphatic rings. The van der Waals surface area contributed by atoms with E-state index in [1.54, 1.807) is 0 Å². The van der Waals surface area contributed by atoms with Gasteiger partial charge in [0.05, 0.1) is 28.1 Å². The molecule has 0 saturated heterocycles. The Kier molecular flexibility index (Phi) is 4.41. The van der Waals surface area contributed by atoms with Crippen LogP contribution < -0.4 is 0 Å². The van der Waals surface area contributed by atoms with Crippen molar-refractivity contribution in [2.24, 2.45) is 0 Å². The fourth-order valence-corrected chi connectivity index (χ4v) is 4.43. The largest absolute Gasteiger partial charge is 0.354 e. The van der Waals surface area contributed by atoms with E-state index in [0.717, 1.165) is 50.1 Å². The Morgan fingerprint density at radius 1 is 0.750 bits per heavy atom. The second-order valence-corrected chi connectivity index (χ2v) is 8.34. The van der Waals surface area contributed by atoms with Gasteiger partial charge in [0.2, 0.25) is 0 Å². The van der Waals surface area contributed by atoms with E-state index in [9.17, 15) is 0 Å². The smallest absolute Gasteiger partial charge is 0.197 e. The number of imidazole rings is 1. The molecule has 7 heteroatoms. The van der Waals surface area contributed by atoms with Gasteiger partial charge in [0, 0.05) is 21.5 Å². The lowest BCUT2D eigenvalue weighted by atomic mass is 10.0. The van der Waals surface area contributed by atoms with Gasteiger partial charge in [0.15, 0.2) is 10.6 Å². The third-order valence-corrected chi connectivity index (χ3v) is 5.90. The van der Waals surface area contributed by atoms with Gasteiger partial charge in [-0.25, -0.2) is 9.97 Å². The van der Waals surface area contributed by atoms with Crippen LogP contribution in [0.3, 0.4) is 0 Å². The minimum Gasteiger partial charge on any atom is -0.354 e. The standard InChI is InChI=1S/C25H16ClN5S/c26-15-10-11-17-16(12-15)22(23(27-17)14-6-2-1-3-7-14)20-13-21(31-25(32)30-20)24-28-18-8-4-5-9-19(18)29-24/h1-13,27H,(H,28,29)(H,30,31,32). The zero-order valence-electron chi connectivity index (χ0n) is 16.7. The van der Waals surface area contributed by atoms with Gasteiger partial charge >= 0.3 is 0 Å². The maximum Gasteiger partial charge on any atom is 0.197 e. The van der Waals surface area contributed by atoms with E-state index >= 15 is 0 Å². The van der Waals surface area contributed by atoms with Crippen molar-refractivity contribution in [3.8, 4) is 34.0 Å². The van der Waals surface area contributed by atoms with Crippen LogP contribution in [0.15, 0.2) is 78.9 Å². The lowest BCUT2D eigenvalue weighted by molar-refractivity contribution is 1.12. The van der Waals surface area contributed by atoms with Gasteiger partial charge in [0.25, 0.3) is 0 Å². The van der Waals surface area contributed by atoms with Gasteiger partial charge in [-0.15, -0.1) is 0 Å². The second kappa shape index (κ2) is 7.44. The topological polar surface area (TPSA) is 73.2 Å². The van der Waals surface area contributed by atoms with Crippen molar-refractivity contribution in [2.75, 3.05) is 0 Å². The number of benzene rings is 3. The van der Waals surface area contributed by atoms with Crippen molar-refractivity contribution in [3.05, 3.63) is 88.7 Å². The third kappa shape index (κ3) is 3.21. The molecule has 0 atom stereocenters. The Bertz CT molecular complexity index is 1630. The molecule has 0 saturated carbocycles. The number of aromatic nitrogens is 5. The average Bonchev–Trinajstić information content (AvgIpc) is 3.41. The molecular formula is C25H16ClN5S. The SMILES string of the molecule is S=c1nc(-c2c(-c3ccccc3)[nH]c3ccc(Cl)cc23)cc(-c2nc3ccccc3[nH]2)[nH]1. The molecule has 3 N–H and O–H groups in total. The predicted octanol–water partition coefficient (Wildman–Crippen LogP) is 7.15. The number of hydrogen-bond donors (Lipinski definition) is 3. The fraction of sp³-hybridized carbons (Fsp3) is 0. The molecule has 5 nitrogen and oxygen atoms in total. The van der Waals surface area contributed by atoms with E-state index in [4.69, 9.17) is 28.8 Å². The quantitative estimate of drug-likeness (QED) is 0.249. The number of hydrogen-bond acceptors (Lipinski definition) is 3. The molecule has 0 spiro atoms. The molecule has 0 aliphatic heterocycles. The van der Waals surface area contributed by atoms with E-state index in [0.29, 0.717) is 15.6 Å². The maximum atomic E-state index is 6.36. The van der Waals surface area contributed by atoms with Crippen LogP contribution in [-0.2, 0) is 0 Å². The summed E-state index contributed by atoms with van der Waals surface area (Å²) in [5, 5.41) is 1.65. The summed E-state index contributed by atoms with van der Waals surface area (Å²) in [7, 11) is 0. The van der Waals surface area contributed by atoms with Crippen molar-refractivity contribution in [2.45, 2.75) is 0 Å². The van der Waals surface area contributed by atoms with E-state index in [1.807, 2.05) is 66.7 Å². The first-order valence-corrected chi connectivity index (χ1v) is 10.9. The molecule has 0 aliphatic carbocycles. The van der Waals surface area contributed by atoms with Gasteiger partial charge < -0.3 is 15.0 Å². The number of rotatable bonds is 3. The molecule has 0 fully saturated rings. The molecule has 6 aromatic rings. The molecule has 0 radical (unpaired) electrons. The number of aromatic amines is 3. The first-order chi connectivity index (χ1) is 15.7. The Labute approximate surface area is 193 Å². The Hall–Kier alpha value is -3.74. The molecule has 154 valence electrons. The first-order valence-electron chi connectivity index (χ1n) is 10.1. The molecule has 0 unspecified atom stereocenters. The number of nitrogens with zero attached hydrogens (tertiary/aromatic N) is 2. The first kappa shape index (κ1) is 19.0. The summed E-state index contributed by atoms with van der Waals surface area (Å²) in [6.07, 6.45) is 0. The van der Waals surface area contributed by atoms with Crippen LogP contribution in [0.4, 0.5) is 0 Å². The summed E-state index contributed by atoms with van der Waals surface area (Å²) in [6.45, 7) is 0. The van der Waals surface area contributed by atoms with E-state index in [1.165, 1.54) is 0 Å². The van der Waals surface area contributed by atoms with Gasteiger partial charge in [0.1, 0.15) is 0 Å². The Balaban J connectivity index is 1.62. The molecule has 0 amide bonds. The highest BCUT2D eigenvalue weighted by Gasteiger charge is 2.18. The van der Waals surface area contributed by atoms with Crippen LogP contribution >= 0.6 is 23.8 Å². The molecule has 0 bridgehead atoms. The summed E-state index contributed by atoms with van der Waals surface area (Å²) in [4.78, 5) is 19.5. The highest BCUT2D eigenvalue weighted by Crippen LogP contribution is 2.39. The number of nitrogens with one attached hydrogen (secondary N) is 3. The van der Waals surface area contributed by atoms with Gasteiger partial charge in [-0.05, 0) is 54.2 Å². The van der Waals surface area contributed by atoms with Crippen molar-refractivity contribution in [3.63, 3.8) is 0 Å². The maximum absolute atomic E-state index is 6.36. The summed E-state index contributed by atoms with van der Waals surface area (Å²) in [5.74, 6) is 0.708. The summed E-state index contributed by atoms with van der Waals surface area (Å²) >= 11 is 11.9. The minimum atomic E-state index is 0.383. The zero-order chi connectivity index (χ0) is 21.7. The van der Waals surface area contributed by atoms with Crippen LogP contribution in [0, 0.1) is 4.77 Å². The fourth-order valence-electron chi connectivity index (χ4n) is 4.05. The van der Waals surface area contributed by atoms with Gasteiger partial charge in [-0.1, -0.05) is 54.1 Å². The van der Waals surface area contributed by atoms with Crippen LogP contribution in [0.1, 0.15) is 0 Å². The van der Waals surface area contributed by atoms with E-state index < -0.39 is 0 Å². The van der Waals surface area contributed by atoms with Gasteiger partial charge in [-0.2, -0.15) is 0 Å². The van der Waals surface area contributed by atoms with Crippen LogP contribution in [0.2, 0.25) is 5.02 Å². The lowest BCUT2D eigenvalue weighted by Crippen LogP contribution is -1.94. The van der Waals surface area contributed by atoms with Crippen LogP contribution in [0.5, 0.6) is 0 Å².